The highest BCUT2D eigenvalue weighted by Gasteiger charge is 2.42. The van der Waals surface area contributed by atoms with Crippen LogP contribution in [0, 0.1) is 11.2 Å². The van der Waals surface area contributed by atoms with Crippen LogP contribution in [0.4, 0.5) is 10.1 Å². The lowest BCUT2D eigenvalue weighted by Crippen LogP contribution is -2.41. The molecule has 19 heavy (non-hydrogen) atoms. The minimum Gasteiger partial charge on any atom is -0.478 e. The van der Waals surface area contributed by atoms with Gasteiger partial charge >= 0.3 is 5.97 Å². The van der Waals surface area contributed by atoms with E-state index < -0.39 is 17.2 Å². The number of hydrogen-bond acceptors (Lipinski definition) is 2. The quantitative estimate of drug-likeness (QED) is 0.879. The Balaban J connectivity index is 2.21. The van der Waals surface area contributed by atoms with Gasteiger partial charge in [0.15, 0.2) is 0 Å². The van der Waals surface area contributed by atoms with Gasteiger partial charge in [-0.3, -0.25) is 4.79 Å². The summed E-state index contributed by atoms with van der Waals surface area (Å²) in [4.78, 5) is 23.0. The smallest absolute Gasteiger partial charge is 0.335 e. The second-order valence-electron chi connectivity index (χ2n) is 4.94. The molecule has 1 saturated carbocycles. The number of aromatic carboxylic acids is 1. The van der Waals surface area contributed by atoms with Crippen molar-refractivity contribution < 1.29 is 19.1 Å². The lowest BCUT2D eigenvalue weighted by atomic mass is 9.66. The van der Waals surface area contributed by atoms with E-state index in [1.165, 1.54) is 6.07 Å². The molecule has 1 aliphatic carbocycles. The third-order valence-corrected chi connectivity index (χ3v) is 3.93. The van der Waals surface area contributed by atoms with Crippen molar-refractivity contribution in [2.24, 2.45) is 5.41 Å². The average molecular weight is 265 g/mol. The van der Waals surface area contributed by atoms with Crippen molar-refractivity contribution in [3.05, 3.63) is 29.6 Å². The average Bonchev–Trinajstić information content (AvgIpc) is 2.31. The Morgan fingerprint density at radius 3 is 2.58 bits per heavy atom. The number of halogens is 1. The van der Waals surface area contributed by atoms with Gasteiger partial charge in [0.25, 0.3) is 0 Å². The van der Waals surface area contributed by atoms with E-state index in [9.17, 15) is 14.0 Å². The van der Waals surface area contributed by atoms with Crippen molar-refractivity contribution >= 4 is 17.6 Å². The molecule has 2 N–H and O–H groups in total. The summed E-state index contributed by atoms with van der Waals surface area (Å²) in [6.07, 6.45) is 3.31. The van der Waals surface area contributed by atoms with E-state index in [0.29, 0.717) is 6.42 Å². The summed E-state index contributed by atoms with van der Waals surface area (Å²) in [6.45, 7) is 1.93. The second-order valence-corrected chi connectivity index (χ2v) is 4.94. The minimum absolute atomic E-state index is 0.0455. The zero-order valence-electron chi connectivity index (χ0n) is 10.7. The van der Waals surface area contributed by atoms with E-state index in [0.717, 1.165) is 31.4 Å². The number of hydrogen-bond donors (Lipinski definition) is 2. The number of nitrogens with one attached hydrogen (secondary N) is 1. The number of carboxylic acids is 1. The SMILES string of the molecule is CCC1(C(=O)Nc2cc(C(=O)O)ccc2F)CCC1. The highest BCUT2D eigenvalue weighted by Crippen LogP contribution is 2.44. The molecule has 5 heteroatoms. The monoisotopic (exact) mass is 265 g/mol. The van der Waals surface area contributed by atoms with Crippen molar-refractivity contribution in [2.45, 2.75) is 32.6 Å². The number of carbonyl (C=O) groups is 2. The van der Waals surface area contributed by atoms with E-state index in [2.05, 4.69) is 5.32 Å². The molecule has 0 spiro atoms. The molecular formula is C14H16FNO3. The normalized spacial score (nSPS) is 16.5. The van der Waals surface area contributed by atoms with E-state index in [4.69, 9.17) is 5.11 Å². The molecule has 0 bridgehead atoms. The molecule has 0 radical (unpaired) electrons. The molecule has 0 aromatic heterocycles. The molecule has 0 saturated heterocycles. The number of benzene rings is 1. The van der Waals surface area contributed by atoms with Crippen LogP contribution in [0.15, 0.2) is 18.2 Å². The summed E-state index contributed by atoms with van der Waals surface area (Å²) in [5.41, 5.74) is -0.522. The molecule has 2 rings (SSSR count). The summed E-state index contributed by atoms with van der Waals surface area (Å²) in [5, 5.41) is 11.4. The van der Waals surface area contributed by atoms with Crippen LogP contribution in [0.25, 0.3) is 0 Å². The van der Waals surface area contributed by atoms with Crippen LogP contribution >= 0.6 is 0 Å². The van der Waals surface area contributed by atoms with E-state index in [-0.39, 0.29) is 17.2 Å². The maximum atomic E-state index is 13.6. The zero-order chi connectivity index (χ0) is 14.0. The molecule has 102 valence electrons. The van der Waals surface area contributed by atoms with Gasteiger partial charge in [0.2, 0.25) is 5.91 Å². The Labute approximate surface area is 110 Å². The number of rotatable bonds is 4. The molecule has 0 aliphatic heterocycles. The highest BCUT2D eigenvalue weighted by atomic mass is 19.1. The zero-order valence-corrected chi connectivity index (χ0v) is 10.7. The summed E-state index contributed by atoms with van der Waals surface area (Å²) in [7, 11) is 0. The predicted molar refractivity (Wildman–Crippen MR) is 68.6 cm³/mol. The second kappa shape index (κ2) is 4.99. The molecule has 0 heterocycles. The minimum atomic E-state index is -1.15. The van der Waals surface area contributed by atoms with Crippen LogP contribution in [0.3, 0.4) is 0 Å². The fourth-order valence-electron chi connectivity index (χ4n) is 2.35. The standard InChI is InChI=1S/C14H16FNO3/c1-2-14(6-3-7-14)13(19)16-11-8-9(12(17)18)4-5-10(11)15/h4-5,8H,2-3,6-7H2,1H3,(H,16,19)(H,17,18). The Bertz CT molecular complexity index is 518. The van der Waals surface area contributed by atoms with Gasteiger partial charge in [-0.25, -0.2) is 9.18 Å². The predicted octanol–water partition coefficient (Wildman–Crippen LogP) is 3.04. The van der Waals surface area contributed by atoms with Gasteiger partial charge in [0.05, 0.1) is 11.3 Å². The molecule has 0 unspecified atom stereocenters. The summed E-state index contributed by atoms with van der Waals surface area (Å²) >= 11 is 0. The van der Waals surface area contributed by atoms with Crippen molar-refractivity contribution in [3.63, 3.8) is 0 Å². The third-order valence-electron chi connectivity index (χ3n) is 3.93. The Hall–Kier alpha value is -1.91. The fraction of sp³-hybridized carbons (Fsp3) is 0.429. The van der Waals surface area contributed by atoms with Crippen LogP contribution in [-0.2, 0) is 4.79 Å². The topological polar surface area (TPSA) is 66.4 Å². The fourth-order valence-corrected chi connectivity index (χ4v) is 2.35. The maximum Gasteiger partial charge on any atom is 0.335 e. The van der Waals surface area contributed by atoms with E-state index >= 15 is 0 Å². The van der Waals surface area contributed by atoms with Crippen LogP contribution in [-0.4, -0.2) is 17.0 Å². The van der Waals surface area contributed by atoms with Crippen LogP contribution < -0.4 is 5.32 Å². The van der Waals surface area contributed by atoms with Crippen molar-refractivity contribution in [1.82, 2.24) is 0 Å². The van der Waals surface area contributed by atoms with Gasteiger partial charge < -0.3 is 10.4 Å². The van der Waals surface area contributed by atoms with E-state index in [1.54, 1.807) is 0 Å². The first-order valence-corrected chi connectivity index (χ1v) is 6.33. The Morgan fingerprint density at radius 2 is 2.11 bits per heavy atom. The maximum absolute atomic E-state index is 13.6. The van der Waals surface area contributed by atoms with Gasteiger partial charge in [-0.05, 0) is 37.5 Å². The van der Waals surface area contributed by atoms with Gasteiger partial charge in [-0.15, -0.1) is 0 Å². The number of carbonyl (C=O) groups excluding carboxylic acids is 1. The van der Waals surface area contributed by atoms with Crippen molar-refractivity contribution in [1.29, 1.82) is 0 Å². The van der Waals surface area contributed by atoms with Crippen molar-refractivity contribution in [2.75, 3.05) is 5.32 Å². The van der Waals surface area contributed by atoms with Gasteiger partial charge in [0.1, 0.15) is 5.82 Å². The van der Waals surface area contributed by atoms with Gasteiger partial charge in [-0.2, -0.15) is 0 Å². The molecule has 1 amide bonds. The molecule has 1 aliphatic rings. The Kier molecular flexibility index (Phi) is 3.55. The molecule has 1 aromatic rings. The van der Waals surface area contributed by atoms with Crippen molar-refractivity contribution in [3.8, 4) is 0 Å². The lowest BCUT2D eigenvalue weighted by molar-refractivity contribution is -0.130. The molecule has 4 nitrogen and oxygen atoms in total. The first-order chi connectivity index (χ1) is 8.98. The first-order valence-electron chi connectivity index (χ1n) is 6.33. The highest BCUT2D eigenvalue weighted by molar-refractivity contribution is 5.97. The largest absolute Gasteiger partial charge is 0.478 e. The summed E-state index contributed by atoms with van der Waals surface area (Å²) in [5.74, 6) is -1.99. The van der Waals surface area contributed by atoms with Crippen LogP contribution in [0.5, 0.6) is 0 Å². The number of anilines is 1. The van der Waals surface area contributed by atoms with Gasteiger partial charge in [-0.1, -0.05) is 13.3 Å². The van der Waals surface area contributed by atoms with Crippen LogP contribution in [0.1, 0.15) is 43.0 Å². The molecule has 1 fully saturated rings. The Morgan fingerprint density at radius 1 is 1.42 bits per heavy atom. The summed E-state index contributed by atoms with van der Waals surface area (Å²) < 4.78 is 13.6. The lowest BCUT2D eigenvalue weighted by Gasteiger charge is -2.39. The number of amides is 1. The van der Waals surface area contributed by atoms with Crippen LogP contribution in [0.2, 0.25) is 0 Å². The molecule has 0 atom stereocenters. The summed E-state index contributed by atoms with van der Waals surface area (Å²) in [6, 6.07) is 3.38. The van der Waals surface area contributed by atoms with Gasteiger partial charge in [0, 0.05) is 5.41 Å². The first kappa shape index (κ1) is 13.5. The molecular weight excluding hydrogens is 249 g/mol. The molecule has 1 aromatic carbocycles. The van der Waals surface area contributed by atoms with E-state index in [1.807, 2.05) is 6.92 Å². The third kappa shape index (κ3) is 2.45. The number of carboxylic acid groups (broad SMARTS) is 1.